The van der Waals surface area contributed by atoms with Gasteiger partial charge < -0.3 is 9.72 Å². The van der Waals surface area contributed by atoms with Crippen molar-refractivity contribution in [1.82, 2.24) is 25.2 Å². The minimum Gasteiger partial charge on any atom is -0.497 e. The fraction of sp³-hybridized carbons (Fsp3) is 0.111. The van der Waals surface area contributed by atoms with E-state index in [1.165, 1.54) is 11.8 Å². The Morgan fingerprint density at radius 3 is 2.92 bits per heavy atom. The second kappa shape index (κ2) is 7.01. The molecule has 0 radical (unpaired) electrons. The molecule has 0 saturated heterocycles. The van der Waals surface area contributed by atoms with Crippen LogP contribution in [-0.4, -0.2) is 32.3 Å². The molecule has 0 atom stereocenters. The zero-order chi connectivity index (χ0) is 17.9. The van der Waals surface area contributed by atoms with Crippen molar-refractivity contribution >= 4 is 22.7 Å². The van der Waals surface area contributed by atoms with Gasteiger partial charge in [-0.2, -0.15) is 4.68 Å². The Bertz CT molecular complexity index is 1120. The lowest BCUT2D eigenvalue weighted by Crippen LogP contribution is -2.06. The summed E-state index contributed by atoms with van der Waals surface area (Å²) < 4.78 is 6.91. The Kier molecular flexibility index (Phi) is 4.40. The van der Waals surface area contributed by atoms with Crippen LogP contribution in [0.3, 0.4) is 0 Å². The number of fused-ring (bicyclic) bond motifs is 1. The minimum atomic E-state index is -0.119. The molecule has 0 aliphatic rings. The summed E-state index contributed by atoms with van der Waals surface area (Å²) in [5.41, 5.74) is 2.46. The number of ether oxygens (including phenoxy) is 1. The quantitative estimate of drug-likeness (QED) is 0.547. The maximum atomic E-state index is 11.9. The van der Waals surface area contributed by atoms with Gasteiger partial charge in [-0.1, -0.05) is 36.0 Å². The highest BCUT2D eigenvalue weighted by Crippen LogP contribution is 2.26. The minimum absolute atomic E-state index is 0.119. The molecular weight excluding hydrogens is 350 g/mol. The topological polar surface area (TPSA) is 85.7 Å². The molecule has 0 saturated carbocycles. The molecule has 4 rings (SSSR count). The van der Waals surface area contributed by atoms with Gasteiger partial charge in [0.15, 0.2) is 0 Å². The number of H-pyrrole nitrogens is 1. The van der Waals surface area contributed by atoms with Crippen molar-refractivity contribution in [2.45, 2.75) is 10.9 Å². The van der Waals surface area contributed by atoms with E-state index in [-0.39, 0.29) is 5.56 Å². The van der Waals surface area contributed by atoms with Crippen LogP contribution in [0.15, 0.2) is 64.5 Å². The second-order valence-corrected chi connectivity index (χ2v) is 6.51. The van der Waals surface area contributed by atoms with Crippen LogP contribution in [0, 0.1) is 0 Å². The van der Waals surface area contributed by atoms with E-state index in [2.05, 4.69) is 20.5 Å². The van der Waals surface area contributed by atoms with E-state index < -0.39 is 0 Å². The second-order valence-electron chi connectivity index (χ2n) is 5.57. The number of hydrogen-bond donors (Lipinski definition) is 1. The van der Waals surface area contributed by atoms with Gasteiger partial charge in [-0.15, -0.1) is 5.10 Å². The van der Waals surface area contributed by atoms with E-state index in [0.717, 1.165) is 27.9 Å². The first-order valence-electron chi connectivity index (χ1n) is 7.91. The molecule has 2 aromatic heterocycles. The van der Waals surface area contributed by atoms with Crippen molar-refractivity contribution in [3.05, 3.63) is 70.5 Å². The predicted octanol–water partition coefficient (Wildman–Crippen LogP) is 2.80. The van der Waals surface area contributed by atoms with E-state index in [1.807, 2.05) is 48.5 Å². The first kappa shape index (κ1) is 16.3. The molecule has 0 amide bonds. The van der Waals surface area contributed by atoms with Crippen LogP contribution in [0.5, 0.6) is 5.75 Å². The van der Waals surface area contributed by atoms with Crippen molar-refractivity contribution < 1.29 is 4.74 Å². The van der Waals surface area contributed by atoms with Gasteiger partial charge in [0, 0.05) is 28.8 Å². The predicted molar refractivity (Wildman–Crippen MR) is 99.8 cm³/mol. The monoisotopic (exact) mass is 365 g/mol. The number of pyridine rings is 1. The number of benzene rings is 2. The maximum absolute atomic E-state index is 11.9. The van der Waals surface area contributed by atoms with Crippen molar-refractivity contribution in [2.24, 2.45) is 0 Å². The summed E-state index contributed by atoms with van der Waals surface area (Å²) in [7, 11) is 1.62. The van der Waals surface area contributed by atoms with Gasteiger partial charge in [-0.05, 0) is 34.2 Å². The Labute approximate surface area is 153 Å². The van der Waals surface area contributed by atoms with Crippen LogP contribution < -0.4 is 10.3 Å². The van der Waals surface area contributed by atoms with Gasteiger partial charge in [0.25, 0.3) is 0 Å². The third kappa shape index (κ3) is 3.18. The van der Waals surface area contributed by atoms with Crippen LogP contribution in [0.25, 0.3) is 16.6 Å². The van der Waals surface area contributed by atoms with Gasteiger partial charge in [-0.25, -0.2) is 0 Å². The molecule has 0 spiro atoms. The molecule has 0 aliphatic heterocycles. The lowest BCUT2D eigenvalue weighted by atomic mass is 10.1. The van der Waals surface area contributed by atoms with Crippen molar-refractivity contribution in [1.29, 1.82) is 0 Å². The molecule has 0 bridgehead atoms. The zero-order valence-corrected chi connectivity index (χ0v) is 14.7. The maximum Gasteiger partial charge on any atom is 0.248 e. The third-order valence-corrected chi connectivity index (χ3v) is 4.90. The number of methoxy groups -OCH3 is 1. The van der Waals surface area contributed by atoms with Crippen molar-refractivity contribution in [3.8, 4) is 11.4 Å². The summed E-state index contributed by atoms with van der Waals surface area (Å²) in [6.45, 7) is 0. The lowest BCUT2D eigenvalue weighted by molar-refractivity contribution is 0.414. The highest BCUT2D eigenvalue weighted by atomic mass is 32.2. The molecule has 2 aromatic carbocycles. The molecular formula is C18H15N5O2S. The SMILES string of the molecule is COc1cccc(-n2nnnc2SCc2cc(=O)[nH]c3ccccc23)c1. The number of hydrogen-bond acceptors (Lipinski definition) is 6. The van der Waals surface area contributed by atoms with E-state index in [9.17, 15) is 4.79 Å². The first-order chi connectivity index (χ1) is 12.7. The first-order valence-corrected chi connectivity index (χ1v) is 8.90. The van der Waals surface area contributed by atoms with E-state index in [0.29, 0.717) is 10.9 Å². The molecule has 0 aliphatic carbocycles. The number of tetrazole rings is 1. The van der Waals surface area contributed by atoms with Crippen LogP contribution >= 0.6 is 11.8 Å². The molecule has 0 fully saturated rings. The number of thioether (sulfide) groups is 1. The average Bonchev–Trinajstić information content (AvgIpc) is 3.14. The number of para-hydroxylation sites is 1. The highest BCUT2D eigenvalue weighted by Gasteiger charge is 2.11. The normalized spacial score (nSPS) is 11.0. The van der Waals surface area contributed by atoms with Gasteiger partial charge in [-0.3, -0.25) is 4.79 Å². The van der Waals surface area contributed by atoms with Crippen LogP contribution in [0.1, 0.15) is 5.56 Å². The largest absolute Gasteiger partial charge is 0.497 e. The Morgan fingerprint density at radius 1 is 1.15 bits per heavy atom. The van der Waals surface area contributed by atoms with Crippen LogP contribution in [0.2, 0.25) is 0 Å². The van der Waals surface area contributed by atoms with Gasteiger partial charge in [0.05, 0.1) is 12.8 Å². The third-order valence-electron chi connectivity index (χ3n) is 3.93. The molecule has 26 heavy (non-hydrogen) atoms. The Morgan fingerprint density at radius 2 is 2.04 bits per heavy atom. The molecule has 4 aromatic rings. The van der Waals surface area contributed by atoms with Gasteiger partial charge in [0.1, 0.15) is 5.75 Å². The van der Waals surface area contributed by atoms with E-state index >= 15 is 0 Å². The number of aromatic nitrogens is 5. The van der Waals surface area contributed by atoms with Crippen molar-refractivity contribution in [2.75, 3.05) is 7.11 Å². The van der Waals surface area contributed by atoms with Crippen LogP contribution in [0.4, 0.5) is 0 Å². The molecule has 2 heterocycles. The Balaban J connectivity index is 1.64. The van der Waals surface area contributed by atoms with E-state index in [4.69, 9.17) is 4.74 Å². The summed E-state index contributed by atoms with van der Waals surface area (Å²) in [6.07, 6.45) is 0. The Hall–Kier alpha value is -3.13. The lowest BCUT2D eigenvalue weighted by Gasteiger charge is -2.07. The highest BCUT2D eigenvalue weighted by molar-refractivity contribution is 7.98. The molecule has 130 valence electrons. The van der Waals surface area contributed by atoms with Gasteiger partial charge >= 0.3 is 0 Å². The average molecular weight is 365 g/mol. The number of nitrogens with zero attached hydrogens (tertiary/aromatic N) is 4. The molecule has 1 N–H and O–H groups in total. The fourth-order valence-electron chi connectivity index (χ4n) is 2.71. The van der Waals surface area contributed by atoms with E-state index in [1.54, 1.807) is 17.9 Å². The standard InChI is InChI=1S/C18H15N5O2S/c1-25-14-6-4-5-13(10-14)23-18(20-21-22-23)26-11-12-9-17(24)19-16-8-3-2-7-15(12)16/h2-10H,11H2,1H3,(H,19,24). The number of nitrogens with one attached hydrogen (secondary N) is 1. The zero-order valence-electron chi connectivity index (χ0n) is 13.9. The molecule has 7 nitrogen and oxygen atoms in total. The summed E-state index contributed by atoms with van der Waals surface area (Å²) in [6, 6.07) is 16.9. The molecule has 0 unspecified atom stereocenters. The smallest absolute Gasteiger partial charge is 0.248 e. The summed E-state index contributed by atoms with van der Waals surface area (Å²) in [5, 5.41) is 13.6. The fourth-order valence-corrected chi connectivity index (χ4v) is 3.59. The number of aromatic amines is 1. The number of rotatable bonds is 5. The van der Waals surface area contributed by atoms with Crippen LogP contribution in [-0.2, 0) is 5.75 Å². The summed E-state index contributed by atoms with van der Waals surface area (Å²) in [5.74, 6) is 1.31. The molecule has 8 heteroatoms. The van der Waals surface area contributed by atoms with Gasteiger partial charge in [0.2, 0.25) is 10.7 Å². The van der Waals surface area contributed by atoms with Crippen molar-refractivity contribution in [3.63, 3.8) is 0 Å². The summed E-state index contributed by atoms with van der Waals surface area (Å²) >= 11 is 1.47. The summed E-state index contributed by atoms with van der Waals surface area (Å²) in [4.78, 5) is 14.7.